The molecular weight excluding hydrogens is 393 g/mol. The number of carbonyl (C=O) groups is 1. The van der Waals surface area contributed by atoms with E-state index in [1.807, 2.05) is 30.3 Å². The minimum atomic E-state index is -3.85. The van der Waals surface area contributed by atoms with Crippen molar-refractivity contribution in [2.45, 2.75) is 17.7 Å². The van der Waals surface area contributed by atoms with E-state index in [0.717, 1.165) is 11.0 Å². The van der Waals surface area contributed by atoms with Crippen molar-refractivity contribution < 1.29 is 22.5 Å². The molecule has 0 bridgehead atoms. The molecule has 0 radical (unpaired) electrons. The standard InChI is InChI=1S/C21H26FN3O3S/c1-17(18-7-3-2-4-8-18)15-23-21(26)16-24-11-13-25(14-12-24)29(27,28)20-10-6-5-9-19(20)22/h2-10,17H,11-16H2,1H3,(H,23,26)/p+1/t17-/m0/s1. The third kappa shape index (κ3) is 5.41. The summed E-state index contributed by atoms with van der Waals surface area (Å²) in [5.74, 6) is -0.569. The lowest BCUT2D eigenvalue weighted by atomic mass is 10.0. The highest BCUT2D eigenvalue weighted by atomic mass is 32.2. The van der Waals surface area contributed by atoms with Crippen LogP contribution in [0.4, 0.5) is 4.39 Å². The molecule has 29 heavy (non-hydrogen) atoms. The highest BCUT2D eigenvalue weighted by molar-refractivity contribution is 7.89. The zero-order valence-corrected chi connectivity index (χ0v) is 17.3. The van der Waals surface area contributed by atoms with Gasteiger partial charge in [0.15, 0.2) is 6.54 Å². The molecule has 0 aliphatic carbocycles. The quantitative estimate of drug-likeness (QED) is 0.691. The van der Waals surface area contributed by atoms with Crippen LogP contribution in [-0.4, -0.2) is 57.9 Å². The predicted octanol–water partition coefficient (Wildman–Crippen LogP) is 0.635. The number of hydrogen-bond donors (Lipinski definition) is 2. The molecular formula is C21H27FN3O3S+. The lowest BCUT2D eigenvalue weighted by Gasteiger charge is -2.31. The van der Waals surface area contributed by atoms with E-state index in [1.54, 1.807) is 0 Å². The number of quaternary nitrogens is 1. The van der Waals surface area contributed by atoms with Gasteiger partial charge in [-0.3, -0.25) is 4.79 Å². The van der Waals surface area contributed by atoms with Crippen LogP contribution in [0.5, 0.6) is 0 Å². The average Bonchev–Trinajstić information content (AvgIpc) is 2.73. The second-order valence-corrected chi connectivity index (χ2v) is 9.28. The third-order valence-electron chi connectivity index (χ3n) is 5.27. The predicted molar refractivity (Wildman–Crippen MR) is 109 cm³/mol. The molecule has 2 N–H and O–H groups in total. The van der Waals surface area contributed by atoms with Gasteiger partial charge in [-0.05, 0) is 23.6 Å². The van der Waals surface area contributed by atoms with Crippen LogP contribution in [0.25, 0.3) is 0 Å². The molecule has 8 heteroatoms. The van der Waals surface area contributed by atoms with E-state index < -0.39 is 15.8 Å². The Bertz CT molecular complexity index is 929. The van der Waals surface area contributed by atoms with Gasteiger partial charge < -0.3 is 10.2 Å². The number of sulfonamides is 1. The molecule has 2 aromatic rings. The van der Waals surface area contributed by atoms with Crippen LogP contribution in [0, 0.1) is 5.82 Å². The summed E-state index contributed by atoms with van der Waals surface area (Å²) in [5, 5.41) is 2.96. The molecule has 6 nitrogen and oxygen atoms in total. The van der Waals surface area contributed by atoms with Crippen LogP contribution in [-0.2, 0) is 14.8 Å². The SMILES string of the molecule is C[C@@H](CNC(=O)C[NH+]1CCN(S(=O)(=O)c2ccccc2F)CC1)c1ccccc1. The summed E-state index contributed by atoms with van der Waals surface area (Å²) in [6.45, 7) is 4.47. The van der Waals surface area contributed by atoms with Crippen LogP contribution >= 0.6 is 0 Å². The van der Waals surface area contributed by atoms with Gasteiger partial charge >= 0.3 is 0 Å². The van der Waals surface area contributed by atoms with Gasteiger partial charge in [-0.15, -0.1) is 0 Å². The molecule has 1 aliphatic rings. The largest absolute Gasteiger partial charge is 0.351 e. The summed E-state index contributed by atoms with van der Waals surface area (Å²) in [4.78, 5) is 13.0. The van der Waals surface area contributed by atoms with Crippen LogP contribution in [0.2, 0.25) is 0 Å². The van der Waals surface area contributed by atoms with E-state index in [1.165, 1.54) is 28.1 Å². The highest BCUT2D eigenvalue weighted by Gasteiger charge is 2.32. The van der Waals surface area contributed by atoms with Crippen molar-refractivity contribution >= 4 is 15.9 Å². The fourth-order valence-electron chi connectivity index (χ4n) is 3.47. The first kappa shape index (κ1) is 21.4. The fourth-order valence-corrected chi connectivity index (χ4v) is 4.97. The number of amides is 1. The number of carbonyl (C=O) groups excluding carboxylic acids is 1. The fraction of sp³-hybridized carbons (Fsp3) is 0.381. The van der Waals surface area contributed by atoms with E-state index in [2.05, 4.69) is 12.2 Å². The van der Waals surface area contributed by atoms with Gasteiger partial charge in [-0.1, -0.05) is 49.4 Å². The summed E-state index contributed by atoms with van der Waals surface area (Å²) in [5.41, 5.74) is 1.17. The Labute approximate surface area is 171 Å². The summed E-state index contributed by atoms with van der Waals surface area (Å²) in [6, 6.07) is 15.4. The molecule has 1 aliphatic heterocycles. The van der Waals surface area contributed by atoms with Gasteiger partial charge in [-0.2, -0.15) is 4.31 Å². The molecule has 0 unspecified atom stereocenters. The number of nitrogens with one attached hydrogen (secondary N) is 2. The van der Waals surface area contributed by atoms with Crippen LogP contribution in [0.1, 0.15) is 18.4 Å². The minimum Gasteiger partial charge on any atom is -0.351 e. The second kappa shape index (κ2) is 9.47. The molecule has 1 fully saturated rings. The molecule has 2 aromatic carbocycles. The smallest absolute Gasteiger partial charge is 0.275 e. The van der Waals surface area contributed by atoms with Crippen molar-refractivity contribution in [3.05, 3.63) is 66.0 Å². The average molecular weight is 421 g/mol. The number of rotatable bonds is 7. The van der Waals surface area contributed by atoms with Crippen molar-refractivity contribution in [1.82, 2.24) is 9.62 Å². The molecule has 3 rings (SSSR count). The van der Waals surface area contributed by atoms with Crippen molar-refractivity contribution in [3.8, 4) is 0 Å². The minimum absolute atomic E-state index is 0.0480. The molecule has 1 atom stereocenters. The maximum atomic E-state index is 13.9. The zero-order valence-electron chi connectivity index (χ0n) is 16.5. The van der Waals surface area contributed by atoms with E-state index >= 15 is 0 Å². The normalized spacial score (nSPS) is 17.0. The summed E-state index contributed by atoms with van der Waals surface area (Å²) in [7, 11) is -3.85. The lowest BCUT2D eigenvalue weighted by Crippen LogP contribution is -3.15. The van der Waals surface area contributed by atoms with Gasteiger partial charge in [0.05, 0.1) is 26.2 Å². The van der Waals surface area contributed by atoms with Crippen LogP contribution < -0.4 is 10.2 Å². The Morgan fingerprint density at radius 3 is 2.38 bits per heavy atom. The molecule has 1 heterocycles. The molecule has 0 aromatic heterocycles. The summed E-state index contributed by atoms with van der Waals surface area (Å²) >= 11 is 0. The third-order valence-corrected chi connectivity index (χ3v) is 7.20. The van der Waals surface area contributed by atoms with E-state index in [4.69, 9.17) is 0 Å². The molecule has 0 saturated carbocycles. The summed E-state index contributed by atoms with van der Waals surface area (Å²) < 4.78 is 40.5. The Morgan fingerprint density at radius 1 is 1.10 bits per heavy atom. The summed E-state index contributed by atoms with van der Waals surface area (Å²) in [6.07, 6.45) is 0. The van der Waals surface area contributed by atoms with Crippen molar-refractivity contribution in [2.24, 2.45) is 0 Å². The van der Waals surface area contributed by atoms with E-state index in [9.17, 15) is 17.6 Å². The van der Waals surface area contributed by atoms with E-state index in [0.29, 0.717) is 26.2 Å². The van der Waals surface area contributed by atoms with Crippen LogP contribution in [0.3, 0.4) is 0 Å². The van der Waals surface area contributed by atoms with Gasteiger partial charge in [0.25, 0.3) is 5.91 Å². The maximum Gasteiger partial charge on any atom is 0.275 e. The first-order valence-corrected chi connectivity index (χ1v) is 11.2. The Hall–Kier alpha value is -2.29. The lowest BCUT2D eigenvalue weighted by molar-refractivity contribution is -0.895. The second-order valence-electron chi connectivity index (χ2n) is 7.38. The molecule has 0 spiro atoms. The van der Waals surface area contributed by atoms with Crippen LogP contribution in [0.15, 0.2) is 59.5 Å². The van der Waals surface area contributed by atoms with Gasteiger partial charge in [0.2, 0.25) is 10.0 Å². The topological polar surface area (TPSA) is 70.9 Å². The Morgan fingerprint density at radius 2 is 1.72 bits per heavy atom. The number of hydrogen-bond acceptors (Lipinski definition) is 3. The van der Waals surface area contributed by atoms with Gasteiger partial charge in [-0.25, -0.2) is 12.8 Å². The van der Waals surface area contributed by atoms with Crippen molar-refractivity contribution in [1.29, 1.82) is 0 Å². The first-order valence-electron chi connectivity index (χ1n) is 9.78. The monoisotopic (exact) mass is 420 g/mol. The molecule has 1 saturated heterocycles. The number of piperazine rings is 1. The Kier molecular flexibility index (Phi) is 7.00. The highest BCUT2D eigenvalue weighted by Crippen LogP contribution is 2.18. The van der Waals surface area contributed by atoms with Gasteiger partial charge in [0.1, 0.15) is 10.7 Å². The Balaban J connectivity index is 1.47. The maximum absolute atomic E-state index is 13.9. The number of benzene rings is 2. The molecule has 1 amide bonds. The number of halogens is 1. The van der Waals surface area contributed by atoms with Gasteiger partial charge in [0, 0.05) is 6.54 Å². The first-order chi connectivity index (χ1) is 13.9. The van der Waals surface area contributed by atoms with E-state index in [-0.39, 0.29) is 29.8 Å². The molecule has 156 valence electrons. The van der Waals surface area contributed by atoms with Crippen molar-refractivity contribution in [3.63, 3.8) is 0 Å². The number of nitrogens with zero attached hydrogens (tertiary/aromatic N) is 1. The van der Waals surface area contributed by atoms with Crippen molar-refractivity contribution in [2.75, 3.05) is 39.3 Å². The zero-order chi connectivity index (χ0) is 20.9.